The van der Waals surface area contributed by atoms with Crippen LogP contribution in [-0.2, 0) is 0 Å². The number of amides is 1. The molecule has 2 rings (SSSR count). The van der Waals surface area contributed by atoms with Crippen LogP contribution in [0.25, 0.3) is 0 Å². The molecule has 1 heterocycles. The molecule has 0 fully saturated rings. The van der Waals surface area contributed by atoms with E-state index < -0.39 is 0 Å². The fourth-order valence-electron chi connectivity index (χ4n) is 1.70. The molecule has 1 aromatic carbocycles. The van der Waals surface area contributed by atoms with Crippen molar-refractivity contribution in [3.63, 3.8) is 0 Å². The van der Waals surface area contributed by atoms with Crippen molar-refractivity contribution in [2.24, 2.45) is 0 Å². The molecule has 0 atom stereocenters. The minimum atomic E-state index is -0.175. The highest BCUT2D eigenvalue weighted by Gasteiger charge is 2.12. The predicted molar refractivity (Wildman–Crippen MR) is 88.2 cm³/mol. The second-order valence-corrected chi connectivity index (χ2v) is 5.80. The van der Waals surface area contributed by atoms with E-state index in [0.717, 1.165) is 26.9 Å². The Kier molecular flexibility index (Phi) is 5.14. The van der Waals surface area contributed by atoms with E-state index in [4.69, 9.17) is 0 Å². The van der Waals surface area contributed by atoms with E-state index >= 15 is 0 Å². The van der Waals surface area contributed by atoms with Gasteiger partial charge in [0.05, 0.1) is 23.1 Å². The third kappa shape index (κ3) is 3.58. The first-order chi connectivity index (χ1) is 9.61. The molecule has 0 aliphatic heterocycles. The van der Waals surface area contributed by atoms with Crippen LogP contribution < -0.4 is 10.6 Å². The summed E-state index contributed by atoms with van der Waals surface area (Å²) in [7, 11) is 0. The maximum Gasteiger partial charge on any atom is 0.257 e. The Morgan fingerprint density at radius 2 is 2.05 bits per heavy atom. The van der Waals surface area contributed by atoms with E-state index in [-0.39, 0.29) is 5.91 Å². The average Bonchev–Trinajstić information content (AvgIpc) is 2.43. The molecule has 0 unspecified atom stereocenters. The summed E-state index contributed by atoms with van der Waals surface area (Å²) in [4.78, 5) is 16.4. The van der Waals surface area contributed by atoms with Gasteiger partial charge in [-0.2, -0.15) is 0 Å². The highest BCUT2D eigenvalue weighted by atomic mass is 79.9. The van der Waals surface area contributed by atoms with Gasteiger partial charge in [0.15, 0.2) is 0 Å². The Morgan fingerprint density at radius 1 is 1.25 bits per heavy atom. The molecule has 0 spiro atoms. The molecule has 104 valence electrons. The fraction of sp³-hybridized carbons (Fsp3) is 0.143. The summed E-state index contributed by atoms with van der Waals surface area (Å²) in [6.07, 6.45) is 3.25. The highest BCUT2D eigenvalue weighted by Crippen LogP contribution is 2.27. The van der Waals surface area contributed by atoms with Gasteiger partial charge in [-0.25, -0.2) is 0 Å². The molecule has 1 aromatic heterocycles. The monoisotopic (exact) mass is 397 g/mol. The number of hydrogen-bond donors (Lipinski definition) is 2. The molecular weight excluding hydrogens is 386 g/mol. The number of carbonyl (C=O) groups excluding carboxylic acids is 1. The summed E-state index contributed by atoms with van der Waals surface area (Å²) in [6, 6.07) is 7.28. The molecule has 0 bridgehead atoms. The zero-order valence-corrected chi connectivity index (χ0v) is 14.0. The van der Waals surface area contributed by atoms with Gasteiger partial charge < -0.3 is 10.6 Å². The molecule has 0 saturated heterocycles. The summed E-state index contributed by atoms with van der Waals surface area (Å²) in [5.41, 5.74) is 2.01. The molecule has 0 aliphatic rings. The van der Waals surface area contributed by atoms with E-state index in [9.17, 15) is 4.79 Å². The number of hydrogen-bond acceptors (Lipinski definition) is 3. The second-order valence-electron chi connectivity index (χ2n) is 4.03. The Balaban J connectivity index is 2.24. The van der Waals surface area contributed by atoms with E-state index in [1.54, 1.807) is 18.5 Å². The number of rotatable bonds is 4. The first-order valence-electron chi connectivity index (χ1n) is 6.06. The Labute approximate surface area is 134 Å². The normalized spacial score (nSPS) is 10.2. The van der Waals surface area contributed by atoms with Crippen molar-refractivity contribution in [1.29, 1.82) is 0 Å². The lowest BCUT2D eigenvalue weighted by molar-refractivity contribution is 0.102. The first kappa shape index (κ1) is 15.0. The maximum absolute atomic E-state index is 12.3. The third-order valence-corrected chi connectivity index (χ3v) is 3.76. The van der Waals surface area contributed by atoms with Crippen molar-refractivity contribution in [2.45, 2.75) is 6.92 Å². The van der Waals surface area contributed by atoms with Crippen LogP contribution in [0.3, 0.4) is 0 Å². The van der Waals surface area contributed by atoms with Gasteiger partial charge in [-0.1, -0.05) is 15.9 Å². The van der Waals surface area contributed by atoms with Gasteiger partial charge in [-0.15, -0.1) is 0 Å². The summed E-state index contributed by atoms with van der Waals surface area (Å²) >= 11 is 6.80. The van der Waals surface area contributed by atoms with Crippen molar-refractivity contribution in [3.8, 4) is 0 Å². The van der Waals surface area contributed by atoms with Gasteiger partial charge in [-0.05, 0) is 47.1 Å². The van der Waals surface area contributed by atoms with Crippen molar-refractivity contribution in [2.75, 3.05) is 17.2 Å². The molecule has 2 aromatic rings. The van der Waals surface area contributed by atoms with Crippen molar-refractivity contribution in [3.05, 3.63) is 51.2 Å². The topological polar surface area (TPSA) is 54.0 Å². The third-order valence-electron chi connectivity index (χ3n) is 2.61. The molecule has 0 saturated carbocycles. The summed E-state index contributed by atoms with van der Waals surface area (Å²) in [5.74, 6) is -0.175. The van der Waals surface area contributed by atoms with Crippen molar-refractivity contribution in [1.82, 2.24) is 4.98 Å². The zero-order chi connectivity index (χ0) is 14.5. The van der Waals surface area contributed by atoms with Crippen molar-refractivity contribution < 1.29 is 4.79 Å². The van der Waals surface area contributed by atoms with Crippen LogP contribution in [0, 0.1) is 0 Å². The first-order valence-corrected chi connectivity index (χ1v) is 7.64. The van der Waals surface area contributed by atoms with Gasteiger partial charge in [0.1, 0.15) is 0 Å². The summed E-state index contributed by atoms with van der Waals surface area (Å²) in [6.45, 7) is 2.70. The van der Waals surface area contributed by atoms with Gasteiger partial charge in [0.25, 0.3) is 5.91 Å². The van der Waals surface area contributed by atoms with E-state index in [1.165, 1.54) is 0 Å². The number of halogens is 2. The van der Waals surface area contributed by atoms with Gasteiger partial charge in [0.2, 0.25) is 0 Å². The molecule has 0 aliphatic carbocycles. The number of anilines is 2. The SMILES string of the molecule is CCNc1cnccc1C(=O)Nc1ccc(Br)cc1Br. The van der Waals surface area contributed by atoms with Gasteiger partial charge >= 0.3 is 0 Å². The van der Waals surface area contributed by atoms with Crippen LogP contribution in [0.2, 0.25) is 0 Å². The lowest BCUT2D eigenvalue weighted by Gasteiger charge is -2.11. The smallest absolute Gasteiger partial charge is 0.257 e. The molecule has 4 nitrogen and oxygen atoms in total. The predicted octanol–water partition coefficient (Wildman–Crippen LogP) is 4.29. The van der Waals surface area contributed by atoms with E-state index in [0.29, 0.717) is 5.56 Å². The van der Waals surface area contributed by atoms with Crippen LogP contribution in [0.4, 0.5) is 11.4 Å². The van der Waals surface area contributed by atoms with Crippen LogP contribution in [0.5, 0.6) is 0 Å². The average molecular weight is 399 g/mol. The molecule has 20 heavy (non-hydrogen) atoms. The van der Waals surface area contributed by atoms with E-state index in [2.05, 4.69) is 47.5 Å². The van der Waals surface area contributed by atoms with Gasteiger partial charge in [-0.3, -0.25) is 9.78 Å². The number of nitrogens with one attached hydrogen (secondary N) is 2. The Hall–Kier alpha value is -1.40. The Bertz CT molecular complexity index is 632. The van der Waals surface area contributed by atoms with Crippen LogP contribution >= 0.6 is 31.9 Å². The fourth-order valence-corrected chi connectivity index (χ4v) is 2.85. The molecule has 0 radical (unpaired) electrons. The molecular formula is C14H13Br2N3O. The standard InChI is InChI=1S/C14H13Br2N3O/c1-2-18-13-8-17-6-5-10(13)14(20)19-12-4-3-9(15)7-11(12)16/h3-8,18H,2H2,1H3,(H,19,20). The second kappa shape index (κ2) is 6.85. The maximum atomic E-state index is 12.3. The molecule has 6 heteroatoms. The minimum absolute atomic E-state index is 0.175. The summed E-state index contributed by atoms with van der Waals surface area (Å²) < 4.78 is 1.76. The van der Waals surface area contributed by atoms with Crippen LogP contribution in [0.15, 0.2) is 45.6 Å². The molecule has 2 N–H and O–H groups in total. The highest BCUT2D eigenvalue weighted by molar-refractivity contribution is 9.11. The number of nitrogens with zero attached hydrogens (tertiary/aromatic N) is 1. The van der Waals surface area contributed by atoms with Crippen molar-refractivity contribution >= 4 is 49.1 Å². The quantitative estimate of drug-likeness (QED) is 0.807. The van der Waals surface area contributed by atoms with E-state index in [1.807, 2.05) is 25.1 Å². The molecule has 1 amide bonds. The number of benzene rings is 1. The lowest BCUT2D eigenvalue weighted by Crippen LogP contribution is -2.15. The Morgan fingerprint density at radius 3 is 2.75 bits per heavy atom. The number of aromatic nitrogens is 1. The largest absolute Gasteiger partial charge is 0.383 e. The number of carbonyl (C=O) groups is 1. The summed E-state index contributed by atoms with van der Waals surface area (Å²) in [5, 5.41) is 6.00. The number of pyridine rings is 1. The van der Waals surface area contributed by atoms with Gasteiger partial charge in [0, 0.05) is 21.7 Å². The van der Waals surface area contributed by atoms with Crippen LogP contribution in [0.1, 0.15) is 17.3 Å². The van der Waals surface area contributed by atoms with Crippen LogP contribution in [-0.4, -0.2) is 17.4 Å². The lowest BCUT2D eigenvalue weighted by atomic mass is 10.2. The zero-order valence-electron chi connectivity index (χ0n) is 10.8. The minimum Gasteiger partial charge on any atom is -0.383 e.